The third kappa shape index (κ3) is 3.70. The first-order valence-electron chi connectivity index (χ1n) is 7.10. The van der Waals surface area contributed by atoms with Gasteiger partial charge in [0.15, 0.2) is 0 Å². The first-order chi connectivity index (χ1) is 9.22. The van der Waals surface area contributed by atoms with Gasteiger partial charge >= 0.3 is 0 Å². The molecular weight excluding hydrogens is 238 g/mol. The minimum Gasteiger partial charge on any atom is -0.349 e. The molecule has 2 atom stereocenters. The highest BCUT2D eigenvalue weighted by Crippen LogP contribution is 2.26. The molecule has 0 aromatic heterocycles. The molecule has 0 radical (unpaired) electrons. The Hall–Kier alpha value is -1.55. The van der Waals surface area contributed by atoms with Crippen LogP contribution >= 0.6 is 0 Å². The Morgan fingerprint density at radius 2 is 2.05 bits per heavy atom. The maximum atomic E-state index is 12.1. The Kier molecular flexibility index (Phi) is 4.80. The van der Waals surface area contributed by atoms with Crippen LogP contribution in [-0.4, -0.2) is 11.9 Å². The topological polar surface area (TPSA) is 67.2 Å². The van der Waals surface area contributed by atoms with Gasteiger partial charge in [-0.05, 0) is 43.0 Å². The van der Waals surface area contributed by atoms with Gasteiger partial charge in [0, 0.05) is 17.3 Å². The van der Waals surface area contributed by atoms with Crippen LogP contribution in [0.25, 0.3) is 0 Å². The average molecular weight is 261 g/mol. The van der Waals surface area contributed by atoms with E-state index in [2.05, 4.69) is 17.7 Å². The molecule has 1 aromatic carbocycles. The van der Waals surface area contributed by atoms with Crippen LogP contribution in [0.4, 0.5) is 5.69 Å². The number of rotatable bonds is 4. The zero-order valence-corrected chi connectivity index (χ0v) is 11.5. The van der Waals surface area contributed by atoms with Gasteiger partial charge in [-0.2, -0.15) is 0 Å². The van der Waals surface area contributed by atoms with E-state index in [1.54, 1.807) is 12.1 Å². The van der Waals surface area contributed by atoms with Crippen molar-refractivity contribution >= 4 is 11.6 Å². The zero-order valence-electron chi connectivity index (χ0n) is 11.5. The van der Waals surface area contributed by atoms with Crippen LogP contribution < -0.4 is 16.6 Å². The molecule has 4 heteroatoms. The molecule has 4 N–H and O–H groups in total. The number of carbonyl (C=O) groups excluding carboxylic acids is 1. The normalized spacial score (nSPS) is 22.8. The van der Waals surface area contributed by atoms with Crippen LogP contribution in [0, 0.1) is 5.92 Å². The van der Waals surface area contributed by atoms with Gasteiger partial charge in [0.1, 0.15) is 0 Å². The number of nitrogen functional groups attached to an aromatic ring is 1. The summed E-state index contributed by atoms with van der Waals surface area (Å²) >= 11 is 0. The van der Waals surface area contributed by atoms with Gasteiger partial charge in [-0.25, -0.2) is 0 Å². The summed E-state index contributed by atoms with van der Waals surface area (Å²) in [5, 5.41) is 3.15. The van der Waals surface area contributed by atoms with Crippen molar-refractivity contribution in [2.24, 2.45) is 11.8 Å². The fourth-order valence-corrected chi connectivity index (χ4v) is 2.78. The van der Waals surface area contributed by atoms with Gasteiger partial charge in [0.2, 0.25) is 0 Å². The van der Waals surface area contributed by atoms with Crippen LogP contribution in [0.3, 0.4) is 0 Å². The molecule has 1 fully saturated rings. The summed E-state index contributed by atoms with van der Waals surface area (Å²) in [4.78, 5) is 12.1. The number of nitrogens with two attached hydrogens (primary N) is 1. The van der Waals surface area contributed by atoms with Gasteiger partial charge < -0.3 is 10.7 Å². The molecule has 19 heavy (non-hydrogen) atoms. The van der Waals surface area contributed by atoms with Crippen molar-refractivity contribution < 1.29 is 4.79 Å². The molecule has 2 rings (SSSR count). The molecule has 0 heterocycles. The van der Waals surface area contributed by atoms with Crippen molar-refractivity contribution in [1.29, 1.82) is 0 Å². The molecule has 1 saturated carbocycles. The zero-order chi connectivity index (χ0) is 13.7. The minimum atomic E-state index is 0.0188. The Balaban J connectivity index is 1.92. The van der Waals surface area contributed by atoms with Crippen molar-refractivity contribution in [3.05, 3.63) is 29.8 Å². The first-order valence-corrected chi connectivity index (χ1v) is 7.10. The Labute approximate surface area is 114 Å². The molecule has 0 aliphatic heterocycles. The Morgan fingerprint density at radius 3 is 2.68 bits per heavy atom. The molecular formula is C15H23N3O. The van der Waals surface area contributed by atoms with Gasteiger partial charge in [-0.15, -0.1) is 0 Å². The van der Waals surface area contributed by atoms with Crippen LogP contribution in [-0.2, 0) is 0 Å². The van der Waals surface area contributed by atoms with E-state index < -0.39 is 0 Å². The highest BCUT2D eigenvalue weighted by atomic mass is 16.1. The summed E-state index contributed by atoms with van der Waals surface area (Å²) < 4.78 is 0. The smallest absolute Gasteiger partial charge is 0.251 e. The highest BCUT2D eigenvalue weighted by molar-refractivity contribution is 5.94. The number of anilines is 1. The predicted octanol–water partition coefficient (Wildman–Crippen LogP) is 2.67. The lowest BCUT2D eigenvalue weighted by Gasteiger charge is -2.29. The first kappa shape index (κ1) is 13.9. The lowest BCUT2D eigenvalue weighted by molar-refractivity contribution is 0.0919. The molecule has 4 nitrogen and oxygen atoms in total. The molecule has 1 aliphatic rings. The minimum absolute atomic E-state index is 0.0188. The van der Waals surface area contributed by atoms with E-state index in [-0.39, 0.29) is 5.91 Å². The summed E-state index contributed by atoms with van der Waals surface area (Å²) in [6.07, 6.45) is 5.96. The standard InChI is InChI=1S/C15H23N3O/c1-2-11-4-3-5-14(10-11)17-15(19)12-6-8-13(18-16)9-7-12/h6-9,11,14,18H,2-5,10,16H2,1H3,(H,17,19). The number of hydrogen-bond acceptors (Lipinski definition) is 3. The van der Waals surface area contributed by atoms with E-state index in [0.29, 0.717) is 11.6 Å². The summed E-state index contributed by atoms with van der Waals surface area (Å²) in [6.45, 7) is 2.23. The number of amides is 1. The average Bonchev–Trinajstić information content (AvgIpc) is 2.47. The Morgan fingerprint density at radius 1 is 1.32 bits per heavy atom. The van der Waals surface area contributed by atoms with E-state index >= 15 is 0 Å². The second-order valence-corrected chi connectivity index (χ2v) is 5.33. The van der Waals surface area contributed by atoms with Crippen molar-refractivity contribution in [1.82, 2.24) is 5.32 Å². The van der Waals surface area contributed by atoms with E-state index in [9.17, 15) is 4.79 Å². The molecule has 2 unspecified atom stereocenters. The highest BCUT2D eigenvalue weighted by Gasteiger charge is 2.22. The van der Waals surface area contributed by atoms with E-state index in [1.807, 2.05) is 12.1 Å². The second kappa shape index (κ2) is 6.57. The number of hydrogen-bond donors (Lipinski definition) is 3. The molecule has 104 valence electrons. The Bertz CT molecular complexity index is 416. The van der Waals surface area contributed by atoms with Crippen LogP contribution in [0.15, 0.2) is 24.3 Å². The fraction of sp³-hybridized carbons (Fsp3) is 0.533. The van der Waals surface area contributed by atoms with E-state index in [0.717, 1.165) is 24.4 Å². The van der Waals surface area contributed by atoms with Crippen LogP contribution in [0.1, 0.15) is 49.4 Å². The van der Waals surface area contributed by atoms with E-state index in [4.69, 9.17) is 5.84 Å². The summed E-state index contributed by atoms with van der Waals surface area (Å²) in [5.74, 6) is 6.09. The molecule has 0 saturated heterocycles. The molecule has 1 amide bonds. The maximum Gasteiger partial charge on any atom is 0.251 e. The van der Waals surface area contributed by atoms with Crippen molar-refractivity contribution in [3.8, 4) is 0 Å². The van der Waals surface area contributed by atoms with Crippen LogP contribution in [0.2, 0.25) is 0 Å². The summed E-state index contributed by atoms with van der Waals surface area (Å²) in [5.41, 5.74) is 4.05. The lowest BCUT2D eigenvalue weighted by Crippen LogP contribution is -2.38. The van der Waals surface area contributed by atoms with Crippen LogP contribution in [0.5, 0.6) is 0 Å². The number of nitrogens with one attached hydrogen (secondary N) is 2. The van der Waals surface area contributed by atoms with E-state index in [1.165, 1.54) is 19.3 Å². The van der Waals surface area contributed by atoms with Gasteiger partial charge in [-0.1, -0.05) is 26.2 Å². The maximum absolute atomic E-state index is 12.1. The molecule has 1 aromatic rings. The van der Waals surface area contributed by atoms with Crippen molar-refractivity contribution in [3.63, 3.8) is 0 Å². The molecule has 0 spiro atoms. The van der Waals surface area contributed by atoms with Gasteiger partial charge in [-0.3, -0.25) is 10.6 Å². The quantitative estimate of drug-likeness (QED) is 0.576. The number of benzene rings is 1. The second-order valence-electron chi connectivity index (χ2n) is 5.33. The molecule has 0 bridgehead atoms. The third-order valence-electron chi connectivity index (χ3n) is 4.01. The monoisotopic (exact) mass is 261 g/mol. The summed E-state index contributed by atoms with van der Waals surface area (Å²) in [7, 11) is 0. The largest absolute Gasteiger partial charge is 0.349 e. The number of carbonyl (C=O) groups is 1. The molecule has 1 aliphatic carbocycles. The van der Waals surface area contributed by atoms with Crippen molar-refractivity contribution in [2.75, 3.05) is 5.43 Å². The predicted molar refractivity (Wildman–Crippen MR) is 77.8 cm³/mol. The third-order valence-corrected chi connectivity index (χ3v) is 4.01. The van der Waals surface area contributed by atoms with Gasteiger partial charge in [0.25, 0.3) is 5.91 Å². The number of hydrazine groups is 1. The summed E-state index contributed by atoms with van der Waals surface area (Å²) in [6, 6.07) is 7.54. The van der Waals surface area contributed by atoms with Gasteiger partial charge in [0.05, 0.1) is 0 Å². The van der Waals surface area contributed by atoms with Crippen molar-refractivity contribution in [2.45, 2.75) is 45.1 Å². The fourth-order valence-electron chi connectivity index (χ4n) is 2.78. The lowest BCUT2D eigenvalue weighted by atomic mass is 9.84. The SMILES string of the molecule is CCC1CCCC(NC(=O)c2ccc(NN)cc2)C1.